The van der Waals surface area contributed by atoms with Crippen molar-refractivity contribution >= 4 is 11.6 Å². The van der Waals surface area contributed by atoms with Gasteiger partial charge in [-0.15, -0.1) is 0 Å². The van der Waals surface area contributed by atoms with Gasteiger partial charge in [-0.3, -0.25) is 0 Å². The van der Waals surface area contributed by atoms with Crippen molar-refractivity contribution < 1.29 is 0 Å². The highest BCUT2D eigenvalue weighted by Gasteiger charge is 2.25. The van der Waals surface area contributed by atoms with Crippen molar-refractivity contribution in [3.05, 3.63) is 83.4 Å². The van der Waals surface area contributed by atoms with Gasteiger partial charge in [0.15, 0.2) is 0 Å². The molecule has 0 aromatic heterocycles. The molecule has 0 N–H and O–H groups in total. The first-order valence-electron chi connectivity index (χ1n) is 22.6. The van der Waals surface area contributed by atoms with Crippen LogP contribution in [0, 0.1) is 42.4 Å². The lowest BCUT2D eigenvalue weighted by Crippen LogP contribution is -2.17. The maximum atomic E-state index is 4.10. The molecule has 0 heterocycles. The Bertz CT molecular complexity index is 1210. The molecule has 3 aliphatic carbocycles. The summed E-state index contributed by atoms with van der Waals surface area (Å²) in [5, 5.41) is 0. The lowest BCUT2D eigenvalue weighted by atomic mass is 9.74. The summed E-state index contributed by atoms with van der Waals surface area (Å²) in [6, 6.07) is 16.1. The maximum Gasteiger partial charge on any atom is -0.0162 e. The number of hydrogen-bond donors (Lipinski definition) is 0. The largest absolute Gasteiger partial charge is 0.0985 e. The number of aryl methyl sites for hydroxylation is 1. The molecule has 3 saturated carbocycles. The standard InChI is InChI=1S/C25H38.C23H36.2C2H6/c1-18(2)25-16-15-24(17-20(25)4)23-13-11-22(12-14-23)10-9-21-7-5-19(3)6-8-21;1-5-20-10-14-22(15-11-20)23-16-12-21(13-17-23)9-8-19(4)7-6-18(2)3;2*1-2/h15-17,19,21-23H,1,5-14H2,2-4H3;5,10-11,14-15,18-19,21,23H,1,6-9,12-13,16-17H2,2-4H3;2*1-2H3. The molecule has 0 nitrogen and oxygen atoms in total. The van der Waals surface area contributed by atoms with E-state index in [1.807, 2.05) is 33.8 Å². The lowest BCUT2D eigenvalue weighted by molar-refractivity contribution is 0.237. The van der Waals surface area contributed by atoms with Crippen LogP contribution in [0.25, 0.3) is 11.6 Å². The maximum absolute atomic E-state index is 4.10. The molecule has 52 heavy (non-hydrogen) atoms. The smallest absolute Gasteiger partial charge is 0.0162 e. The Morgan fingerprint density at radius 2 is 1.10 bits per heavy atom. The van der Waals surface area contributed by atoms with E-state index < -0.39 is 0 Å². The summed E-state index contributed by atoms with van der Waals surface area (Å²) in [5.41, 5.74) is 8.27. The topological polar surface area (TPSA) is 0 Å². The molecule has 3 aliphatic rings. The van der Waals surface area contributed by atoms with Crippen molar-refractivity contribution in [3.8, 4) is 0 Å². The predicted molar refractivity (Wildman–Crippen MR) is 237 cm³/mol. The summed E-state index contributed by atoms with van der Waals surface area (Å²) in [6.07, 6.45) is 28.0. The van der Waals surface area contributed by atoms with E-state index in [4.69, 9.17) is 0 Å². The molecule has 2 aromatic rings. The van der Waals surface area contributed by atoms with Crippen molar-refractivity contribution in [1.29, 1.82) is 0 Å². The van der Waals surface area contributed by atoms with Gasteiger partial charge in [0.2, 0.25) is 0 Å². The van der Waals surface area contributed by atoms with E-state index in [9.17, 15) is 0 Å². The Morgan fingerprint density at radius 3 is 1.56 bits per heavy atom. The molecule has 1 atom stereocenters. The van der Waals surface area contributed by atoms with Crippen LogP contribution in [0.15, 0.2) is 55.6 Å². The molecule has 0 saturated heterocycles. The van der Waals surface area contributed by atoms with E-state index in [0.717, 1.165) is 47.3 Å². The monoisotopic (exact) mass is 711 g/mol. The highest BCUT2D eigenvalue weighted by Crippen LogP contribution is 2.41. The second-order valence-corrected chi connectivity index (χ2v) is 17.5. The highest BCUT2D eigenvalue weighted by molar-refractivity contribution is 5.64. The first kappa shape index (κ1) is 46.1. The fourth-order valence-corrected chi connectivity index (χ4v) is 9.26. The van der Waals surface area contributed by atoms with Crippen LogP contribution < -0.4 is 0 Å². The second-order valence-electron chi connectivity index (χ2n) is 17.5. The number of hydrogen-bond acceptors (Lipinski definition) is 0. The van der Waals surface area contributed by atoms with Gasteiger partial charge in [-0.25, -0.2) is 0 Å². The van der Waals surface area contributed by atoms with Crippen LogP contribution in [0.1, 0.15) is 218 Å². The zero-order chi connectivity index (χ0) is 38.5. The molecule has 0 heteroatoms. The van der Waals surface area contributed by atoms with Crippen molar-refractivity contribution in [2.75, 3.05) is 0 Å². The molecule has 3 fully saturated rings. The van der Waals surface area contributed by atoms with Crippen molar-refractivity contribution in [2.45, 2.75) is 197 Å². The Morgan fingerprint density at radius 1 is 0.635 bits per heavy atom. The number of benzene rings is 2. The number of allylic oxidation sites excluding steroid dienone is 1. The Kier molecular flexibility index (Phi) is 22.9. The summed E-state index contributed by atoms with van der Waals surface area (Å²) < 4.78 is 0. The van der Waals surface area contributed by atoms with Crippen molar-refractivity contribution in [1.82, 2.24) is 0 Å². The average molecular weight is 711 g/mol. The molecule has 0 amide bonds. The van der Waals surface area contributed by atoms with Gasteiger partial charge in [0.05, 0.1) is 0 Å². The van der Waals surface area contributed by atoms with Gasteiger partial charge in [0.1, 0.15) is 0 Å². The van der Waals surface area contributed by atoms with Gasteiger partial charge in [-0.05, 0) is 140 Å². The van der Waals surface area contributed by atoms with Crippen molar-refractivity contribution in [2.24, 2.45) is 35.5 Å². The van der Waals surface area contributed by atoms with E-state index in [-0.39, 0.29) is 0 Å². The SMILES string of the molecule is C=C(C)c1ccc(C2CCC(CCC3CCC(C)CC3)CC2)cc1C.C=Cc1ccc(C2CCC(CCC(C)CCC(C)C)CC2)cc1.CC.CC. The molecule has 0 radical (unpaired) electrons. The third-order valence-electron chi connectivity index (χ3n) is 12.9. The summed E-state index contributed by atoms with van der Waals surface area (Å²) in [5.74, 6) is 7.40. The summed E-state index contributed by atoms with van der Waals surface area (Å²) >= 11 is 0. The van der Waals surface area contributed by atoms with E-state index in [2.05, 4.69) is 97.2 Å². The van der Waals surface area contributed by atoms with Gasteiger partial charge >= 0.3 is 0 Å². The van der Waals surface area contributed by atoms with Gasteiger partial charge in [-0.1, -0.05) is 187 Å². The summed E-state index contributed by atoms with van der Waals surface area (Å²) in [4.78, 5) is 0. The molecule has 294 valence electrons. The normalized spacial score (nSPS) is 24.9. The molecule has 0 bridgehead atoms. The molecule has 0 aliphatic heterocycles. The molecular formula is C52H86. The molecule has 1 unspecified atom stereocenters. The number of rotatable bonds is 13. The van der Waals surface area contributed by atoms with Crippen LogP contribution in [-0.2, 0) is 0 Å². The van der Waals surface area contributed by atoms with E-state index in [0.29, 0.717) is 0 Å². The first-order valence-corrected chi connectivity index (χ1v) is 22.6. The minimum Gasteiger partial charge on any atom is -0.0985 e. The Balaban J connectivity index is 0.000000330. The van der Waals surface area contributed by atoms with Gasteiger partial charge in [-0.2, -0.15) is 0 Å². The highest BCUT2D eigenvalue weighted by atomic mass is 14.3. The van der Waals surface area contributed by atoms with Crippen LogP contribution in [-0.4, -0.2) is 0 Å². The van der Waals surface area contributed by atoms with Crippen molar-refractivity contribution in [3.63, 3.8) is 0 Å². The van der Waals surface area contributed by atoms with E-state index >= 15 is 0 Å². The zero-order valence-electron chi connectivity index (χ0n) is 36.4. The lowest BCUT2D eigenvalue weighted by Gasteiger charge is -2.31. The first-order chi connectivity index (χ1) is 25.1. The fraction of sp³-hybridized carbons (Fsp3) is 0.692. The van der Waals surface area contributed by atoms with Crippen LogP contribution in [0.5, 0.6) is 0 Å². The summed E-state index contributed by atoms with van der Waals surface area (Å²) in [7, 11) is 0. The minimum atomic E-state index is 0.795. The quantitative estimate of drug-likeness (QED) is 0.194. The van der Waals surface area contributed by atoms with Gasteiger partial charge in [0.25, 0.3) is 0 Å². The predicted octanol–water partition coefficient (Wildman–Crippen LogP) is 17.4. The van der Waals surface area contributed by atoms with Crippen LogP contribution >= 0.6 is 0 Å². The van der Waals surface area contributed by atoms with Crippen LogP contribution in [0.4, 0.5) is 0 Å². The Labute approximate surface area is 326 Å². The Hall–Kier alpha value is -2.08. The molecular weight excluding hydrogens is 625 g/mol. The van der Waals surface area contributed by atoms with E-state index in [1.165, 1.54) is 138 Å². The van der Waals surface area contributed by atoms with Gasteiger partial charge < -0.3 is 0 Å². The fourth-order valence-electron chi connectivity index (χ4n) is 9.26. The molecule has 5 rings (SSSR count). The summed E-state index contributed by atoms with van der Waals surface area (Å²) in [6.45, 7) is 29.9. The van der Waals surface area contributed by atoms with Crippen LogP contribution in [0.2, 0.25) is 0 Å². The molecule has 0 spiro atoms. The van der Waals surface area contributed by atoms with Gasteiger partial charge in [0, 0.05) is 0 Å². The molecule has 2 aromatic carbocycles. The second kappa shape index (κ2) is 25.9. The minimum absolute atomic E-state index is 0.795. The third kappa shape index (κ3) is 16.5. The van der Waals surface area contributed by atoms with Crippen LogP contribution in [0.3, 0.4) is 0 Å². The average Bonchev–Trinajstić information content (AvgIpc) is 3.18. The van der Waals surface area contributed by atoms with E-state index in [1.54, 1.807) is 11.1 Å². The zero-order valence-corrected chi connectivity index (χ0v) is 36.4. The third-order valence-corrected chi connectivity index (χ3v) is 12.9.